The number of hydrogen-bond donors (Lipinski definition) is 1. The van der Waals surface area contributed by atoms with Gasteiger partial charge in [0, 0.05) is 44.0 Å². The van der Waals surface area contributed by atoms with Crippen molar-refractivity contribution in [2.45, 2.75) is 51.6 Å². The van der Waals surface area contributed by atoms with Crippen molar-refractivity contribution >= 4 is 11.8 Å². The van der Waals surface area contributed by atoms with Gasteiger partial charge in [0.05, 0.1) is 0 Å². The van der Waals surface area contributed by atoms with Crippen molar-refractivity contribution in [1.82, 2.24) is 10.2 Å². The summed E-state index contributed by atoms with van der Waals surface area (Å²) in [7, 11) is 0. The molecule has 1 aliphatic heterocycles. The highest BCUT2D eigenvalue weighted by atomic mass is 16.5. The van der Waals surface area contributed by atoms with Gasteiger partial charge in [0.25, 0.3) is 5.91 Å². The van der Waals surface area contributed by atoms with E-state index < -0.39 is 0 Å². The van der Waals surface area contributed by atoms with Gasteiger partial charge in [-0.05, 0) is 61.1 Å². The summed E-state index contributed by atoms with van der Waals surface area (Å²) in [4.78, 5) is 26.9. The van der Waals surface area contributed by atoms with Gasteiger partial charge in [-0.1, -0.05) is 25.1 Å². The van der Waals surface area contributed by atoms with Gasteiger partial charge < -0.3 is 15.0 Å². The van der Waals surface area contributed by atoms with E-state index in [0.717, 1.165) is 51.1 Å². The summed E-state index contributed by atoms with van der Waals surface area (Å²) in [6.45, 7) is 4.56. The first-order valence-electron chi connectivity index (χ1n) is 11.5. The summed E-state index contributed by atoms with van der Waals surface area (Å²) >= 11 is 0. The third kappa shape index (κ3) is 3.99. The van der Waals surface area contributed by atoms with E-state index in [9.17, 15) is 9.59 Å². The number of ether oxygens (including phenoxy) is 1. The van der Waals surface area contributed by atoms with Crippen molar-refractivity contribution in [3.8, 4) is 5.75 Å². The summed E-state index contributed by atoms with van der Waals surface area (Å²) < 4.78 is 6.16. The van der Waals surface area contributed by atoms with E-state index in [2.05, 4.69) is 24.4 Å². The Balaban J connectivity index is 1.13. The normalized spacial score (nSPS) is 30.5. The average Bonchev–Trinajstić information content (AvgIpc) is 3.43. The van der Waals surface area contributed by atoms with Gasteiger partial charge in [0.15, 0.2) is 0 Å². The third-order valence-corrected chi connectivity index (χ3v) is 7.53. The molecular formula is C25H32N2O3. The van der Waals surface area contributed by atoms with Crippen LogP contribution in [0.5, 0.6) is 5.75 Å². The van der Waals surface area contributed by atoms with Crippen LogP contribution < -0.4 is 10.1 Å². The lowest BCUT2D eigenvalue weighted by Crippen LogP contribution is -2.42. The number of nitrogens with one attached hydrogen (secondary N) is 1. The molecule has 1 aromatic rings. The van der Waals surface area contributed by atoms with E-state index in [0.29, 0.717) is 23.3 Å². The molecule has 1 saturated heterocycles. The van der Waals surface area contributed by atoms with Crippen molar-refractivity contribution in [2.75, 3.05) is 19.6 Å². The molecule has 5 rings (SSSR count). The molecular weight excluding hydrogens is 376 g/mol. The Bertz CT molecular complexity index is 854. The molecule has 3 atom stereocenters. The van der Waals surface area contributed by atoms with Crippen molar-refractivity contribution in [1.29, 1.82) is 0 Å². The highest BCUT2D eigenvalue weighted by Gasteiger charge is 2.44. The number of carbonyl (C=O) groups excluding carboxylic acids is 2. The minimum absolute atomic E-state index is 0.0294. The summed E-state index contributed by atoms with van der Waals surface area (Å²) in [5.74, 6) is 2.61. The second-order valence-corrected chi connectivity index (χ2v) is 9.97. The molecule has 2 bridgehead atoms. The van der Waals surface area contributed by atoms with Crippen LogP contribution in [0.15, 0.2) is 36.4 Å². The molecule has 30 heavy (non-hydrogen) atoms. The van der Waals surface area contributed by atoms with Crippen LogP contribution >= 0.6 is 0 Å². The number of fused-ring (bicyclic) bond motifs is 2. The second kappa shape index (κ2) is 7.75. The van der Waals surface area contributed by atoms with E-state index in [-0.39, 0.29) is 23.3 Å². The standard InChI is InChI=1S/C25H32N2O3/c1-25(15-17-5-8-20(25)13-17)16-26-23(28)19-3-2-4-22(14-19)30-21-9-11-27(12-10-21)24(29)18-6-7-18/h2-5,8,14,17-18,20-21H,6-7,9-13,15-16H2,1H3,(H,26,28). The minimum atomic E-state index is -0.0294. The number of benzene rings is 1. The molecule has 2 saturated carbocycles. The van der Waals surface area contributed by atoms with Crippen LogP contribution in [0, 0.1) is 23.2 Å². The summed E-state index contributed by atoms with van der Waals surface area (Å²) in [6.07, 6.45) is 11.0. The number of amides is 2. The molecule has 3 unspecified atom stereocenters. The average molecular weight is 409 g/mol. The van der Waals surface area contributed by atoms with Crippen LogP contribution in [-0.4, -0.2) is 42.5 Å². The highest BCUT2D eigenvalue weighted by Crippen LogP contribution is 2.51. The van der Waals surface area contributed by atoms with E-state index in [1.807, 2.05) is 29.2 Å². The fourth-order valence-electron chi connectivity index (χ4n) is 5.47. The van der Waals surface area contributed by atoms with Gasteiger partial charge in [-0.3, -0.25) is 9.59 Å². The van der Waals surface area contributed by atoms with Gasteiger partial charge in [-0.15, -0.1) is 0 Å². The lowest BCUT2D eigenvalue weighted by molar-refractivity contribution is -0.134. The Hall–Kier alpha value is -2.30. The monoisotopic (exact) mass is 408 g/mol. The Morgan fingerprint density at radius 1 is 1.17 bits per heavy atom. The Morgan fingerprint density at radius 3 is 2.63 bits per heavy atom. The molecule has 160 valence electrons. The second-order valence-electron chi connectivity index (χ2n) is 9.97. The maximum atomic E-state index is 12.8. The summed E-state index contributed by atoms with van der Waals surface area (Å²) in [5.41, 5.74) is 0.825. The zero-order chi connectivity index (χ0) is 20.7. The predicted molar refractivity (Wildman–Crippen MR) is 115 cm³/mol. The predicted octanol–water partition coefficient (Wildman–Crippen LogP) is 3.80. The first kappa shape index (κ1) is 19.7. The number of rotatable bonds is 6. The molecule has 0 radical (unpaired) electrons. The molecule has 3 aliphatic carbocycles. The smallest absolute Gasteiger partial charge is 0.251 e. The first-order chi connectivity index (χ1) is 14.5. The zero-order valence-corrected chi connectivity index (χ0v) is 17.8. The fourth-order valence-corrected chi connectivity index (χ4v) is 5.47. The van der Waals surface area contributed by atoms with Crippen LogP contribution in [0.4, 0.5) is 0 Å². The molecule has 2 amide bonds. The SMILES string of the molecule is CC1(CNC(=O)c2cccc(OC3CCN(C(=O)C4CC4)CC3)c2)CC2C=CC1C2. The minimum Gasteiger partial charge on any atom is -0.490 e. The van der Waals surface area contributed by atoms with Crippen molar-refractivity contribution in [2.24, 2.45) is 23.2 Å². The third-order valence-electron chi connectivity index (χ3n) is 7.53. The molecule has 1 aromatic carbocycles. The summed E-state index contributed by atoms with van der Waals surface area (Å²) in [6, 6.07) is 7.50. The lowest BCUT2D eigenvalue weighted by Gasteiger charge is -2.32. The first-order valence-corrected chi connectivity index (χ1v) is 11.5. The Kier molecular flexibility index (Phi) is 5.08. The van der Waals surface area contributed by atoms with E-state index >= 15 is 0 Å². The van der Waals surface area contributed by atoms with Crippen molar-refractivity contribution in [3.05, 3.63) is 42.0 Å². The van der Waals surface area contributed by atoms with Gasteiger partial charge in [-0.2, -0.15) is 0 Å². The number of piperidine rings is 1. The van der Waals surface area contributed by atoms with Crippen LogP contribution in [0.3, 0.4) is 0 Å². The van der Waals surface area contributed by atoms with Gasteiger partial charge >= 0.3 is 0 Å². The van der Waals surface area contributed by atoms with Crippen LogP contribution in [0.25, 0.3) is 0 Å². The summed E-state index contributed by atoms with van der Waals surface area (Å²) in [5, 5.41) is 3.16. The molecule has 0 aromatic heterocycles. The quantitative estimate of drug-likeness (QED) is 0.729. The number of nitrogens with zero attached hydrogens (tertiary/aromatic N) is 1. The van der Waals surface area contributed by atoms with Gasteiger partial charge in [0.1, 0.15) is 11.9 Å². The molecule has 3 fully saturated rings. The fraction of sp³-hybridized carbons (Fsp3) is 0.600. The lowest BCUT2D eigenvalue weighted by atomic mass is 9.77. The number of hydrogen-bond acceptors (Lipinski definition) is 3. The van der Waals surface area contributed by atoms with Crippen molar-refractivity contribution in [3.63, 3.8) is 0 Å². The highest BCUT2D eigenvalue weighted by molar-refractivity contribution is 5.94. The molecule has 1 heterocycles. The Labute approximate surface area is 178 Å². The number of carbonyl (C=O) groups is 2. The molecule has 1 N–H and O–H groups in total. The van der Waals surface area contributed by atoms with Gasteiger partial charge in [0.2, 0.25) is 5.91 Å². The maximum Gasteiger partial charge on any atom is 0.251 e. The van der Waals surface area contributed by atoms with E-state index in [1.165, 1.54) is 12.8 Å². The van der Waals surface area contributed by atoms with Crippen LogP contribution in [-0.2, 0) is 4.79 Å². The molecule has 4 aliphatic rings. The van der Waals surface area contributed by atoms with Crippen molar-refractivity contribution < 1.29 is 14.3 Å². The topological polar surface area (TPSA) is 58.6 Å². The van der Waals surface area contributed by atoms with Crippen LogP contribution in [0.1, 0.15) is 55.8 Å². The van der Waals surface area contributed by atoms with Gasteiger partial charge in [-0.25, -0.2) is 0 Å². The number of likely N-dealkylation sites (tertiary alicyclic amines) is 1. The number of allylic oxidation sites excluding steroid dienone is 2. The zero-order valence-electron chi connectivity index (χ0n) is 17.8. The van der Waals surface area contributed by atoms with E-state index in [1.54, 1.807) is 0 Å². The largest absolute Gasteiger partial charge is 0.490 e. The molecule has 5 heteroatoms. The maximum absolute atomic E-state index is 12.8. The Morgan fingerprint density at radius 2 is 1.97 bits per heavy atom. The van der Waals surface area contributed by atoms with E-state index in [4.69, 9.17) is 4.74 Å². The van der Waals surface area contributed by atoms with Crippen LogP contribution in [0.2, 0.25) is 0 Å². The molecule has 5 nitrogen and oxygen atoms in total. The molecule has 0 spiro atoms.